The molecule has 3 rings (SSSR count). The van der Waals surface area contributed by atoms with Crippen molar-refractivity contribution < 1.29 is 22.7 Å². The Morgan fingerprint density at radius 1 is 1.26 bits per heavy atom. The summed E-state index contributed by atoms with van der Waals surface area (Å²) in [6.45, 7) is 0.968. The normalized spacial score (nSPS) is 21.7. The second kappa shape index (κ2) is 5.82. The zero-order valence-electron chi connectivity index (χ0n) is 12.6. The Morgan fingerprint density at radius 2 is 1.96 bits per heavy atom. The van der Waals surface area contributed by atoms with Crippen molar-refractivity contribution in [2.45, 2.75) is 10.9 Å². The molecule has 124 valence electrons. The lowest BCUT2D eigenvalue weighted by molar-refractivity contribution is 0.0963. The monoisotopic (exact) mass is 339 g/mol. The van der Waals surface area contributed by atoms with Gasteiger partial charge in [0.15, 0.2) is 0 Å². The third kappa shape index (κ3) is 2.77. The van der Waals surface area contributed by atoms with E-state index in [4.69, 9.17) is 4.74 Å². The number of benzene rings is 1. The van der Waals surface area contributed by atoms with Crippen LogP contribution in [-0.4, -0.2) is 69.0 Å². The third-order valence-electron chi connectivity index (χ3n) is 4.06. The van der Waals surface area contributed by atoms with Crippen LogP contribution in [0.25, 0.3) is 0 Å². The van der Waals surface area contributed by atoms with Crippen molar-refractivity contribution in [1.29, 1.82) is 0 Å². The van der Waals surface area contributed by atoms with E-state index < -0.39 is 10.0 Å². The number of carbonyl (C=O) groups excluding carboxylic acids is 2. The highest BCUT2D eigenvalue weighted by Crippen LogP contribution is 2.23. The van der Waals surface area contributed by atoms with E-state index in [1.165, 1.54) is 35.6 Å². The molecular formula is C14H17N3O5S. The van der Waals surface area contributed by atoms with Gasteiger partial charge in [-0.15, -0.1) is 0 Å². The number of nitrogens with one attached hydrogen (secondary N) is 1. The summed E-state index contributed by atoms with van der Waals surface area (Å²) in [6, 6.07) is 5.55. The Morgan fingerprint density at radius 3 is 2.61 bits per heavy atom. The van der Waals surface area contributed by atoms with Crippen molar-refractivity contribution in [3.8, 4) is 0 Å². The molecule has 0 aliphatic carbocycles. The maximum absolute atomic E-state index is 12.7. The standard InChI is InChI=1S/C14H17N3O5S/c1-15-13(18)10-2-4-12(5-3-10)23(20,21)16-6-7-17-11(8-16)9-22-14(17)19/h2-5,11H,6-9H2,1H3,(H,15,18). The van der Waals surface area contributed by atoms with Crippen LogP contribution in [-0.2, 0) is 14.8 Å². The lowest BCUT2D eigenvalue weighted by Crippen LogP contribution is -2.53. The number of piperazine rings is 1. The number of amides is 2. The third-order valence-corrected chi connectivity index (χ3v) is 5.94. The van der Waals surface area contributed by atoms with Gasteiger partial charge in [-0.1, -0.05) is 0 Å². The zero-order valence-corrected chi connectivity index (χ0v) is 13.4. The summed E-state index contributed by atoms with van der Waals surface area (Å²) < 4.78 is 31.7. The average Bonchev–Trinajstić information content (AvgIpc) is 2.95. The Labute approximate surface area is 134 Å². The largest absolute Gasteiger partial charge is 0.447 e. The SMILES string of the molecule is CNC(=O)c1ccc(S(=O)(=O)N2CCN3C(=O)OCC3C2)cc1. The first-order valence-corrected chi connectivity index (χ1v) is 8.63. The summed E-state index contributed by atoms with van der Waals surface area (Å²) in [5, 5.41) is 2.48. The Kier molecular flexibility index (Phi) is 3.99. The van der Waals surface area contributed by atoms with Crippen LogP contribution in [0, 0.1) is 0 Å². The Bertz CT molecular complexity index is 731. The maximum Gasteiger partial charge on any atom is 0.410 e. The van der Waals surface area contributed by atoms with E-state index >= 15 is 0 Å². The van der Waals surface area contributed by atoms with E-state index in [1.54, 1.807) is 4.90 Å². The predicted octanol–water partition coefficient (Wildman–Crippen LogP) is -0.129. The summed E-state index contributed by atoms with van der Waals surface area (Å²) in [7, 11) is -2.15. The van der Waals surface area contributed by atoms with Gasteiger partial charge >= 0.3 is 6.09 Å². The van der Waals surface area contributed by atoms with Gasteiger partial charge < -0.3 is 10.1 Å². The van der Waals surface area contributed by atoms with Crippen LogP contribution in [0.3, 0.4) is 0 Å². The van der Waals surface area contributed by atoms with Crippen LogP contribution in [0.4, 0.5) is 4.79 Å². The van der Waals surface area contributed by atoms with Crippen molar-refractivity contribution in [3.05, 3.63) is 29.8 Å². The lowest BCUT2D eigenvalue weighted by Gasteiger charge is -2.34. The Balaban J connectivity index is 1.79. The summed E-state index contributed by atoms with van der Waals surface area (Å²) in [6.07, 6.45) is -0.387. The molecule has 0 saturated carbocycles. The molecular weight excluding hydrogens is 322 g/mol. The number of sulfonamides is 1. The highest BCUT2D eigenvalue weighted by molar-refractivity contribution is 7.89. The molecule has 0 spiro atoms. The number of fused-ring (bicyclic) bond motifs is 1. The van der Waals surface area contributed by atoms with Gasteiger partial charge in [0.1, 0.15) is 6.61 Å². The molecule has 2 saturated heterocycles. The van der Waals surface area contributed by atoms with Crippen molar-refractivity contribution in [2.24, 2.45) is 0 Å². The molecule has 23 heavy (non-hydrogen) atoms. The van der Waals surface area contributed by atoms with E-state index in [1.807, 2.05) is 0 Å². The molecule has 1 unspecified atom stereocenters. The first-order valence-electron chi connectivity index (χ1n) is 7.19. The van der Waals surface area contributed by atoms with E-state index in [-0.39, 0.29) is 42.6 Å². The van der Waals surface area contributed by atoms with Gasteiger partial charge in [-0.25, -0.2) is 13.2 Å². The number of ether oxygens (including phenoxy) is 1. The summed E-state index contributed by atoms with van der Waals surface area (Å²) in [5.41, 5.74) is 0.394. The van der Waals surface area contributed by atoms with E-state index in [9.17, 15) is 18.0 Å². The number of hydrogen-bond donors (Lipinski definition) is 1. The van der Waals surface area contributed by atoms with Gasteiger partial charge in [0.05, 0.1) is 10.9 Å². The quantitative estimate of drug-likeness (QED) is 0.828. The summed E-state index contributed by atoms with van der Waals surface area (Å²) in [5.74, 6) is -0.274. The fraction of sp³-hybridized carbons (Fsp3) is 0.429. The van der Waals surface area contributed by atoms with Crippen molar-refractivity contribution >= 4 is 22.0 Å². The second-order valence-corrected chi connectivity index (χ2v) is 7.33. The molecule has 0 radical (unpaired) electrons. The lowest BCUT2D eigenvalue weighted by atomic mass is 10.2. The highest BCUT2D eigenvalue weighted by atomic mass is 32.2. The van der Waals surface area contributed by atoms with E-state index in [2.05, 4.69) is 5.32 Å². The van der Waals surface area contributed by atoms with Crippen molar-refractivity contribution in [3.63, 3.8) is 0 Å². The Hall–Kier alpha value is -2.13. The van der Waals surface area contributed by atoms with Crippen LogP contribution >= 0.6 is 0 Å². The minimum atomic E-state index is -3.66. The number of carbonyl (C=O) groups is 2. The first-order chi connectivity index (χ1) is 10.9. The molecule has 1 aromatic carbocycles. The van der Waals surface area contributed by atoms with Gasteiger partial charge in [0.2, 0.25) is 10.0 Å². The van der Waals surface area contributed by atoms with Crippen LogP contribution in [0.2, 0.25) is 0 Å². The number of cyclic esters (lactones) is 1. The van der Waals surface area contributed by atoms with Gasteiger partial charge in [-0.3, -0.25) is 9.69 Å². The van der Waals surface area contributed by atoms with E-state index in [0.29, 0.717) is 12.1 Å². The molecule has 1 atom stereocenters. The topological polar surface area (TPSA) is 96.0 Å². The van der Waals surface area contributed by atoms with Gasteiger partial charge in [0.25, 0.3) is 5.91 Å². The molecule has 2 aliphatic heterocycles. The smallest absolute Gasteiger partial charge is 0.410 e. The fourth-order valence-electron chi connectivity index (χ4n) is 2.75. The first kappa shape index (κ1) is 15.8. The minimum absolute atomic E-state index is 0.129. The molecule has 0 bridgehead atoms. The number of rotatable bonds is 3. The van der Waals surface area contributed by atoms with E-state index in [0.717, 1.165) is 0 Å². The van der Waals surface area contributed by atoms with Gasteiger partial charge in [0, 0.05) is 32.2 Å². The molecule has 9 heteroatoms. The number of hydrogen-bond acceptors (Lipinski definition) is 5. The molecule has 1 N–H and O–H groups in total. The second-order valence-electron chi connectivity index (χ2n) is 5.39. The van der Waals surface area contributed by atoms with Crippen molar-refractivity contribution in [2.75, 3.05) is 33.3 Å². The maximum atomic E-state index is 12.7. The molecule has 0 aromatic heterocycles. The predicted molar refractivity (Wildman–Crippen MR) is 80.4 cm³/mol. The number of nitrogens with zero attached hydrogens (tertiary/aromatic N) is 2. The molecule has 1 aromatic rings. The minimum Gasteiger partial charge on any atom is -0.447 e. The zero-order chi connectivity index (χ0) is 16.6. The van der Waals surface area contributed by atoms with Crippen LogP contribution in [0.15, 0.2) is 29.2 Å². The average molecular weight is 339 g/mol. The van der Waals surface area contributed by atoms with Gasteiger partial charge in [-0.05, 0) is 24.3 Å². The molecule has 2 heterocycles. The highest BCUT2D eigenvalue weighted by Gasteiger charge is 2.41. The molecule has 2 aliphatic rings. The van der Waals surface area contributed by atoms with Crippen LogP contribution in [0.5, 0.6) is 0 Å². The molecule has 8 nitrogen and oxygen atoms in total. The fourth-order valence-corrected chi connectivity index (χ4v) is 4.22. The van der Waals surface area contributed by atoms with Gasteiger partial charge in [-0.2, -0.15) is 4.31 Å². The summed E-state index contributed by atoms with van der Waals surface area (Å²) in [4.78, 5) is 24.7. The van der Waals surface area contributed by atoms with Crippen LogP contribution in [0.1, 0.15) is 10.4 Å². The van der Waals surface area contributed by atoms with Crippen molar-refractivity contribution in [1.82, 2.24) is 14.5 Å². The molecule has 2 amide bonds. The summed E-state index contributed by atoms with van der Waals surface area (Å²) >= 11 is 0. The van der Waals surface area contributed by atoms with Crippen LogP contribution < -0.4 is 5.32 Å². The molecule has 2 fully saturated rings.